The maximum atomic E-state index is 13.0. The maximum absolute atomic E-state index is 13.0. The summed E-state index contributed by atoms with van der Waals surface area (Å²) in [6.07, 6.45) is 1.65. The van der Waals surface area contributed by atoms with Crippen molar-refractivity contribution in [2.45, 2.75) is 19.3 Å². The van der Waals surface area contributed by atoms with Crippen LogP contribution in [-0.2, 0) is 17.6 Å². The second-order valence-electron chi connectivity index (χ2n) is 4.93. The standard InChI is InChI=1S/C17H19FN2O/c18-15-6-3-4-13(12-15)10-11-20-17(21)9-8-14-5-1-2-7-16(14)19/h1-7,12H,8-11,19H2,(H,20,21). The minimum Gasteiger partial charge on any atom is -0.399 e. The molecule has 1 amide bonds. The van der Waals surface area contributed by atoms with Crippen molar-refractivity contribution in [1.29, 1.82) is 0 Å². The molecule has 2 aromatic carbocycles. The van der Waals surface area contributed by atoms with Gasteiger partial charge in [-0.05, 0) is 42.2 Å². The van der Waals surface area contributed by atoms with E-state index in [9.17, 15) is 9.18 Å². The number of para-hydroxylation sites is 1. The molecule has 0 aliphatic heterocycles. The number of nitrogens with two attached hydrogens (primary N) is 1. The van der Waals surface area contributed by atoms with Crippen LogP contribution in [0.2, 0.25) is 0 Å². The van der Waals surface area contributed by atoms with Crippen LogP contribution in [0, 0.1) is 5.82 Å². The second-order valence-corrected chi connectivity index (χ2v) is 4.93. The maximum Gasteiger partial charge on any atom is 0.220 e. The molecule has 0 aliphatic rings. The molecule has 4 heteroatoms. The van der Waals surface area contributed by atoms with Gasteiger partial charge >= 0.3 is 0 Å². The quantitative estimate of drug-likeness (QED) is 0.802. The van der Waals surface area contributed by atoms with E-state index in [-0.39, 0.29) is 11.7 Å². The molecule has 2 aromatic rings. The lowest BCUT2D eigenvalue weighted by Crippen LogP contribution is -2.26. The summed E-state index contributed by atoms with van der Waals surface area (Å²) in [6, 6.07) is 14.0. The molecule has 0 spiro atoms. The third kappa shape index (κ3) is 4.91. The summed E-state index contributed by atoms with van der Waals surface area (Å²) < 4.78 is 13.0. The first kappa shape index (κ1) is 15.0. The van der Waals surface area contributed by atoms with Gasteiger partial charge in [-0.25, -0.2) is 4.39 Å². The summed E-state index contributed by atoms with van der Waals surface area (Å²) in [7, 11) is 0. The minimum absolute atomic E-state index is 0.0188. The molecule has 110 valence electrons. The molecular formula is C17H19FN2O. The Hall–Kier alpha value is -2.36. The predicted octanol–water partition coefficient (Wildman–Crippen LogP) is 2.70. The zero-order chi connectivity index (χ0) is 15.1. The fourth-order valence-corrected chi connectivity index (χ4v) is 2.14. The fourth-order valence-electron chi connectivity index (χ4n) is 2.14. The second kappa shape index (κ2) is 7.43. The van der Waals surface area contributed by atoms with Crippen molar-refractivity contribution in [3.8, 4) is 0 Å². The number of nitrogen functional groups attached to an aromatic ring is 1. The highest BCUT2D eigenvalue weighted by atomic mass is 19.1. The Balaban J connectivity index is 1.72. The van der Waals surface area contributed by atoms with Gasteiger partial charge in [0.05, 0.1) is 0 Å². The summed E-state index contributed by atoms with van der Waals surface area (Å²) >= 11 is 0. The van der Waals surface area contributed by atoms with E-state index in [0.29, 0.717) is 31.5 Å². The summed E-state index contributed by atoms with van der Waals surface area (Å²) in [5, 5.41) is 2.84. The van der Waals surface area contributed by atoms with Gasteiger partial charge in [0.1, 0.15) is 5.82 Å². The largest absolute Gasteiger partial charge is 0.399 e. The molecule has 0 radical (unpaired) electrons. The lowest BCUT2D eigenvalue weighted by atomic mass is 10.1. The number of aryl methyl sites for hydroxylation is 1. The van der Waals surface area contributed by atoms with Gasteiger partial charge in [0.2, 0.25) is 5.91 Å². The molecule has 0 unspecified atom stereocenters. The molecule has 0 fully saturated rings. The van der Waals surface area contributed by atoms with Gasteiger partial charge in [0.25, 0.3) is 0 Å². The molecule has 3 nitrogen and oxygen atoms in total. The lowest BCUT2D eigenvalue weighted by Gasteiger charge is -2.07. The van der Waals surface area contributed by atoms with Crippen LogP contribution in [0.5, 0.6) is 0 Å². The van der Waals surface area contributed by atoms with Crippen molar-refractivity contribution >= 4 is 11.6 Å². The van der Waals surface area contributed by atoms with Crippen LogP contribution in [0.15, 0.2) is 48.5 Å². The first-order valence-corrected chi connectivity index (χ1v) is 6.99. The van der Waals surface area contributed by atoms with Crippen molar-refractivity contribution in [3.63, 3.8) is 0 Å². The molecule has 0 atom stereocenters. The zero-order valence-corrected chi connectivity index (χ0v) is 11.8. The summed E-state index contributed by atoms with van der Waals surface area (Å²) in [4.78, 5) is 11.8. The number of carbonyl (C=O) groups excluding carboxylic acids is 1. The Morgan fingerprint density at radius 2 is 1.90 bits per heavy atom. The van der Waals surface area contributed by atoms with Crippen molar-refractivity contribution in [3.05, 3.63) is 65.5 Å². The number of hydrogen-bond donors (Lipinski definition) is 2. The van der Waals surface area contributed by atoms with Crippen molar-refractivity contribution in [1.82, 2.24) is 5.32 Å². The molecule has 0 heterocycles. The Morgan fingerprint density at radius 3 is 2.67 bits per heavy atom. The van der Waals surface area contributed by atoms with E-state index in [1.54, 1.807) is 6.07 Å². The summed E-state index contributed by atoms with van der Waals surface area (Å²) in [5.74, 6) is -0.270. The van der Waals surface area contributed by atoms with Crippen LogP contribution >= 0.6 is 0 Å². The predicted molar refractivity (Wildman–Crippen MR) is 82.3 cm³/mol. The van der Waals surface area contributed by atoms with E-state index < -0.39 is 0 Å². The number of anilines is 1. The number of benzene rings is 2. The first-order valence-electron chi connectivity index (χ1n) is 6.99. The van der Waals surface area contributed by atoms with E-state index in [1.165, 1.54) is 12.1 Å². The van der Waals surface area contributed by atoms with Gasteiger partial charge in [-0.3, -0.25) is 4.79 Å². The van der Waals surface area contributed by atoms with Crippen molar-refractivity contribution in [2.75, 3.05) is 12.3 Å². The molecule has 0 saturated heterocycles. The van der Waals surface area contributed by atoms with E-state index in [0.717, 1.165) is 11.1 Å². The highest BCUT2D eigenvalue weighted by molar-refractivity contribution is 5.76. The fraction of sp³-hybridized carbons (Fsp3) is 0.235. The Morgan fingerprint density at radius 1 is 1.10 bits per heavy atom. The third-order valence-electron chi connectivity index (χ3n) is 3.30. The van der Waals surface area contributed by atoms with Crippen LogP contribution in [0.3, 0.4) is 0 Å². The highest BCUT2D eigenvalue weighted by Crippen LogP contribution is 2.12. The normalized spacial score (nSPS) is 10.3. The Bertz CT molecular complexity index is 613. The zero-order valence-electron chi connectivity index (χ0n) is 11.8. The SMILES string of the molecule is Nc1ccccc1CCC(=O)NCCc1cccc(F)c1. The van der Waals surface area contributed by atoms with Crippen molar-refractivity contribution < 1.29 is 9.18 Å². The summed E-state index contributed by atoms with van der Waals surface area (Å²) in [6.45, 7) is 0.507. The molecule has 2 rings (SSSR count). The minimum atomic E-state index is -0.252. The van der Waals surface area contributed by atoms with Crippen LogP contribution < -0.4 is 11.1 Å². The highest BCUT2D eigenvalue weighted by Gasteiger charge is 2.04. The van der Waals surface area contributed by atoms with Gasteiger partial charge in [-0.1, -0.05) is 30.3 Å². The monoisotopic (exact) mass is 286 g/mol. The Kier molecular flexibility index (Phi) is 5.32. The average Bonchev–Trinajstić information content (AvgIpc) is 2.46. The van der Waals surface area contributed by atoms with Crippen LogP contribution in [-0.4, -0.2) is 12.5 Å². The first-order chi connectivity index (χ1) is 10.1. The number of amides is 1. The molecule has 0 bridgehead atoms. The van der Waals surface area contributed by atoms with E-state index in [4.69, 9.17) is 5.73 Å². The number of carbonyl (C=O) groups is 1. The van der Waals surface area contributed by atoms with Gasteiger partial charge in [-0.15, -0.1) is 0 Å². The van der Waals surface area contributed by atoms with Gasteiger partial charge in [-0.2, -0.15) is 0 Å². The Labute approximate surface area is 124 Å². The molecule has 3 N–H and O–H groups in total. The molecule has 21 heavy (non-hydrogen) atoms. The van der Waals surface area contributed by atoms with Gasteiger partial charge in [0.15, 0.2) is 0 Å². The van der Waals surface area contributed by atoms with E-state index >= 15 is 0 Å². The van der Waals surface area contributed by atoms with Crippen molar-refractivity contribution in [2.24, 2.45) is 0 Å². The van der Waals surface area contributed by atoms with E-state index in [1.807, 2.05) is 30.3 Å². The van der Waals surface area contributed by atoms with Crippen LogP contribution in [0.4, 0.5) is 10.1 Å². The number of rotatable bonds is 6. The topological polar surface area (TPSA) is 55.1 Å². The van der Waals surface area contributed by atoms with Gasteiger partial charge < -0.3 is 11.1 Å². The lowest BCUT2D eigenvalue weighted by molar-refractivity contribution is -0.121. The van der Waals surface area contributed by atoms with E-state index in [2.05, 4.69) is 5.32 Å². The third-order valence-corrected chi connectivity index (χ3v) is 3.30. The number of hydrogen-bond acceptors (Lipinski definition) is 2. The molecule has 0 saturated carbocycles. The molecular weight excluding hydrogens is 267 g/mol. The molecule has 0 aliphatic carbocycles. The smallest absolute Gasteiger partial charge is 0.220 e. The van der Waals surface area contributed by atoms with Gasteiger partial charge in [0, 0.05) is 18.7 Å². The summed E-state index contributed by atoms with van der Waals surface area (Å²) in [5.41, 5.74) is 8.40. The molecule has 0 aromatic heterocycles. The average molecular weight is 286 g/mol. The number of halogens is 1. The number of nitrogens with one attached hydrogen (secondary N) is 1. The van der Waals surface area contributed by atoms with Crippen LogP contribution in [0.25, 0.3) is 0 Å². The van der Waals surface area contributed by atoms with Crippen LogP contribution in [0.1, 0.15) is 17.5 Å².